The lowest BCUT2D eigenvalue weighted by Gasteiger charge is -2.11. The first-order valence-corrected chi connectivity index (χ1v) is 6.87. The predicted octanol–water partition coefficient (Wildman–Crippen LogP) is 3.89. The summed E-state index contributed by atoms with van der Waals surface area (Å²) in [4.78, 5) is 4.74. The van der Waals surface area contributed by atoms with Gasteiger partial charge in [0, 0.05) is 17.3 Å². The highest BCUT2D eigenvalue weighted by molar-refractivity contribution is 5.97. The maximum absolute atomic E-state index is 4.74. The summed E-state index contributed by atoms with van der Waals surface area (Å²) in [5.41, 5.74) is 3.51. The molecule has 2 heteroatoms. The molecule has 2 nitrogen and oxygen atoms in total. The Morgan fingerprint density at radius 1 is 0.895 bits per heavy atom. The van der Waals surface area contributed by atoms with E-state index in [1.165, 1.54) is 16.3 Å². The maximum atomic E-state index is 4.74. The Balaban J connectivity index is 2.21. The molecule has 0 aliphatic heterocycles. The van der Waals surface area contributed by atoms with Gasteiger partial charge in [-0.05, 0) is 30.7 Å². The lowest BCUT2D eigenvalue weighted by atomic mass is 10.0. The molecule has 2 aromatic carbocycles. The van der Waals surface area contributed by atoms with E-state index in [1.54, 1.807) is 0 Å². The van der Waals surface area contributed by atoms with Crippen molar-refractivity contribution in [3.63, 3.8) is 0 Å². The Bertz CT molecular complexity index is 650. The van der Waals surface area contributed by atoms with E-state index in [0.717, 1.165) is 30.5 Å². The summed E-state index contributed by atoms with van der Waals surface area (Å²) in [6.07, 6.45) is 1.15. The molecule has 1 heterocycles. The van der Waals surface area contributed by atoms with Gasteiger partial charge < -0.3 is 5.32 Å². The van der Waals surface area contributed by atoms with Gasteiger partial charge in [0.1, 0.15) is 0 Å². The number of rotatable bonds is 4. The summed E-state index contributed by atoms with van der Waals surface area (Å²) >= 11 is 0. The zero-order valence-electron chi connectivity index (χ0n) is 11.2. The first-order chi connectivity index (χ1) is 9.40. The smallest absolute Gasteiger partial charge is 0.0713 e. The highest BCUT2D eigenvalue weighted by atomic mass is 14.8. The van der Waals surface area contributed by atoms with Crippen LogP contribution in [0.1, 0.15) is 18.9 Å². The van der Waals surface area contributed by atoms with Gasteiger partial charge in [0.25, 0.3) is 0 Å². The molecule has 0 spiro atoms. The molecule has 0 aliphatic carbocycles. The fraction of sp³-hybridized carbons (Fsp3) is 0.235. The van der Waals surface area contributed by atoms with Gasteiger partial charge in [-0.1, -0.05) is 43.3 Å². The lowest BCUT2D eigenvalue weighted by molar-refractivity contribution is 0.680. The number of pyridine rings is 1. The van der Waals surface area contributed by atoms with Gasteiger partial charge in [-0.3, -0.25) is 0 Å². The normalized spacial score (nSPS) is 11.2. The molecule has 3 aromatic rings. The Morgan fingerprint density at radius 3 is 2.05 bits per heavy atom. The minimum Gasteiger partial charge on any atom is -0.313 e. The van der Waals surface area contributed by atoms with Gasteiger partial charge in [-0.25, -0.2) is 4.98 Å². The van der Waals surface area contributed by atoms with Crippen LogP contribution in [-0.2, 0) is 6.54 Å². The van der Waals surface area contributed by atoms with E-state index in [9.17, 15) is 0 Å². The zero-order chi connectivity index (χ0) is 13.1. The molecular formula is C17H18N2. The van der Waals surface area contributed by atoms with Crippen LogP contribution in [0.2, 0.25) is 0 Å². The van der Waals surface area contributed by atoms with Crippen LogP contribution in [0.25, 0.3) is 21.8 Å². The van der Waals surface area contributed by atoms with E-state index in [-0.39, 0.29) is 0 Å². The molecule has 0 radical (unpaired) electrons. The third kappa shape index (κ3) is 2.32. The maximum Gasteiger partial charge on any atom is 0.0713 e. The molecule has 0 unspecified atom stereocenters. The van der Waals surface area contributed by atoms with Crippen LogP contribution in [0.15, 0.2) is 48.5 Å². The van der Waals surface area contributed by atoms with Crippen molar-refractivity contribution < 1.29 is 0 Å². The minimum atomic E-state index is 0.900. The Kier molecular flexibility index (Phi) is 3.43. The standard InChI is InChI=1S/C17H18N2/c1-2-11-18-12-15-13-7-3-5-9-16(13)19-17-10-6-4-8-14(15)17/h3-10,18H,2,11-12H2,1H3. The van der Waals surface area contributed by atoms with Crippen molar-refractivity contribution in [3.05, 3.63) is 54.1 Å². The molecule has 96 valence electrons. The van der Waals surface area contributed by atoms with Crippen molar-refractivity contribution in [2.24, 2.45) is 0 Å². The summed E-state index contributed by atoms with van der Waals surface area (Å²) < 4.78 is 0. The molecule has 0 aliphatic rings. The second-order valence-electron chi connectivity index (χ2n) is 4.80. The van der Waals surface area contributed by atoms with Crippen molar-refractivity contribution in [2.45, 2.75) is 19.9 Å². The summed E-state index contributed by atoms with van der Waals surface area (Å²) in [6.45, 7) is 4.14. The predicted molar refractivity (Wildman–Crippen MR) is 81.2 cm³/mol. The molecule has 0 saturated heterocycles. The number of nitrogens with zero attached hydrogens (tertiary/aromatic N) is 1. The summed E-state index contributed by atoms with van der Waals surface area (Å²) in [6, 6.07) is 16.8. The molecule has 0 fully saturated rings. The van der Waals surface area contributed by atoms with Crippen LogP contribution in [-0.4, -0.2) is 11.5 Å². The van der Waals surface area contributed by atoms with Crippen molar-refractivity contribution in [2.75, 3.05) is 6.54 Å². The van der Waals surface area contributed by atoms with Crippen molar-refractivity contribution in [1.29, 1.82) is 0 Å². The van der Waals surface area contributed by atoms with Crippen LogP contribution in [0, 0.1) is 0 Å². The third-order valence-corrected chi connectivity index (χ3v) is 3.43. The second-order valence-corrected chi connectivity index (χ2v) is 4.80. The second kappa shape index (κ2) is 5.37. The van der Waals surface area contributed by atoms with Gasteiger partial charge in [0.05, 0.1) is 11.0 Å². The first kappa shape index (κ1) is 12.1. The summed E-state index contributed by atoms with van der Waals surface area (Å²) in [5, 5.41) is 6.02. The van der Waals surface area contributed by atoms with E-state index in [0.29, 0.717) is 0 Å². The van der Waals surface area contributed by atoms with E-state index in [1.807, 2.05) is 12.1 Å². The van der Waals surface area contributed by atoms with Crippen LogP contribution in [0.5, 0.6) is 0 Å². The van der Waals surface area contributed by atoms with Crippen molar-refractivity contribution in [3.8, 4) is 0 Å². The van der Waals surface area contributed by atoms with Gasteiger partial charge in [0.2, 0.25) is 0 Å². The Hall–Kier alpha value is -1.93. The number of nitrogens with one attached hydrogen (secondary N) is 1. The fourth-order valence-electron chi connectivity index (χ4n) is 2.51. The molecule has 1 aromatic heterocycles. The van der Waals surface area contributed by atoms with Crippen LogP contribution in [0.4, 0.5) is 0 Å². The highest BCUT2D eigenvalue weighted by Gasteiger charge is 2.07. The third-order valence-electron chi connectivity index (χ3n) is 3.43. The van der Waals surface area contributed by atoms with E-state index < -0.39 is 0 Å². The van der Waals surface area contributed by atoms with E-state index in [4.69, 9.17) is 4.98 Å². The Morgan fingerprint density at radius 2 is 1.47 bits per heavy atom. The van der Waals surface area contributed by atoms with Gasteiger partial charge in [-0.2, -0.15) is 0 Å². The molecular weight excluding hydrogens is 232 g/mol. The van der Waals surface area contributed by atoms with Gasteiger partial charge in [0.15, 0.2) is 0 Å². The monoisotopic (exact) mass is 250 g/mol. The number of hydrogen-bond acceptors (Lipinski definition) is 2. The number of fused-ring (bicyclic) bond motifs is 2. The van der Waals surface area contributed by atoms with E-state index in [2.05, 4.69) is 48.6 Å². The molecule has 0 bridgehead atoms. The summed E-state index contributed by atoms with van der Waals surface area (Å²) in [7, 11) is 0. The van der Waals surface area contributed by atoms with Crippen LogP contribution >= 0.6 is 0 Å². The highest BCUT2D eigenvalue weighted by Crippen LogP contribution is 2.25. The fourth-order valence-corrected chi connectivity index (χ4v) is 2.51. The Labute approximate surface area is 113 Å². The SMILES string of the molecule is CCCNCc1c2ccccc2nc2ccccc12. The zero-order valence-corrected chi connectivity index (χ0v) is 11.2. The number of aromatic nitrogens is 1. The van der Waals surface area contributed by atoms with Gasteiger partial charge in [-0.15, -0.1) is 0 Å². The van der Waals surface area contributed by atoms with Crippen LogP contribution < -0.4 is 5.32 Å². The average molecular weight is 250 g/mol. The van der Waals surface area contributed by atoms with Crippen molar-refractivity contribution >= 4 is 21.8 Å². The molecule has 3 rings (SSSR count). The number of para-hydroxylation sites is 2. The quantitative estimate of drug-likeness (QED) is 0.561. The first-order valence-electron chi connectivity index (χ1n) is 6.87. The van der Waals surface area contributed by atoms with E-state index >= 15 is 0 Å². The largest absolute Gasteiger partial charge is 0.313 e. The van der Waals surface area contributed by atoms with Crippen molar-refractivity contribution in [1.82, 2.24) is 10.3 Å². The molecule has 0 saturated carbocycles. The average Bonchev–Trinajstić information content (AvgIpc) is 2.46. The minimum absolute atomic E-state index is 0.900. The summed E-state index contributed by atoms with van der Waals surface area (Å²) in [5.74, 6) is 0. The molecule has 0 amide bonds. The van der Waals surface area contributed by atoms with Crippen LogP contribution in [0.3, 0.4) is 0 Å². The lowest BCUT2D eigenvalue weighted by Crippen LogP contribution is -2.14. The molecule has 1 N–H and O–H groups in total. The topological polar surface area (TPSA) is 24.9 Å². The molecule has 19 heavy (non-hydrogen) atoms. The van der Waals surface area contributed by atoms with Gasteiger partial charge >= 0.3 is 0 Å². The number of benzene rings is 2. The number of hydrogen-bond donors (Lipinski definition) is 1. The molecule has 0 atom stereocenters.